The fourth-order valence-electron chi connectivity index (χ4n) is 1.69. The summed E-state index contributed by atoms with van der Waals surface area (Å²) >= 11 is 0. The van der Waals surface area contributed by atoms with E-state index in [-0.39, 0.29) is 17.8 Å². The zero-order valence-corrected chi connectivity index (χ0v) is 12.0. The lowest BCUT2D eigenvalue weighted by molar-refractivity contribution is 0.157. The summed E-state index contributed by atoms with van der Waals surface area (Å²) in [5.74, 6) is -0.00402. The van der Waals surface area contributed by atoms with Crippen LogP contribution in [-0.2, 0) is 6.42 Å². The first-order chi connectivity index (χ1) is 8.98. The molecule has 0 aliphatic heterocycles. The summed E-state index contributed by atoms with van der Waals surface area (Å²) in [5.41, 5.74) is 0.819. The van der Waals surface area contributed by atoms with Crippen LogP contribution < -0.4 is 10.1 Å². The summed E-state index contributed by atoms with van der Waals surface area (Å²) in [5, 5.41) is 12.4. The largest absolute Gasteiger partial charge is 0.491 e. The monoisotopic (exact) mass is 269 g/mol. The van der Waals surface area contributed by atoms with Crippen LogP contribution in [0.1, 0.15) is 26.3 Å². The van der Waals surface area contributed by atoms with Crippen molar-refractivity contribution in [3.05, 3.63) is 29.6 Å². The van der Waals surface area contributed by atoms with E-state index in [1.54, 1.807) is 6.07 Å². The second-order valence-corrected chi connectivity index (χ2v) is 5.45. The van der Waals surface area contributed by atoms with Crippen LogP contribution in [0.25, 0.3) is 0 Å². The molecule has 1 rings (SSSR count). The molecule has 0 unspecified atom stereocenters. The van der Waals surface area contributed by atoms with Crippen molar-refractivity contribution in [1.82, 2.24) is 5.32 Å². The molecular weight excluding hydrogens is 245 g/mol. The van der Waals surface area contributed by atoms with Crippen molar-refractivity contribution >= 4 is 0 Å². The van der Waals surface area contributed by atoms with E-state index < -0.39 is 0 Å². The summed E-state index contributed by atoms with van der Waals surface area (Å²) in [6.45, 7) is 7.94. The molecule has 0 spiro atoms. The molecule has 0 aliphatic rings. The summed E-state index contributed by atoms with van der Waals surface area (Å²) in [6.07, 6.45) is 0.755. The van der Waals surface area contributed by atoms with Crippen molar-refractivity contribution in [3.63, 3.8) is 0 Å². The van der Waals surface area contributed by atoms with Gasteiger partial charge in [0.25, 0.3) is 0 Å². The maximum atomic E-state index is 13.6. The first kappa shape index (κ1) is 15.9. The van der Waals surface area contributed by atoms with Crippen LogP contribution in [0.4, 0.5) is 4.39 Å². The van der Waals surface area contributed by atoms with Gasteiger partial charge in [0.1, 0.15) is 0 Å². The van der Waals surface area contributed by atoms with Crippen LogP contribution >= 0.6 is 0 Å². The lowest BCUT2D eigenvalue weighted by Gasteiger charge is -2.21. The zero-order chi connectivity index (χ0) is 14.3. The molecule has 0 atom stereocenters. The number of aliphatic hydroxyl groups excluding tert-OH is 1. The lowest BCUT2D eigenvalue weighted by Crippen LogP contribution is -2.33. The van der Waals surface area contributed by atoms with Gasteiger partial charge in [-0.05, 0) is 37.6 Å². The summed E-state index contributed by atoms with van der Waals surface area (Å²) in [7, 11) is 0. The number of halogens is 1. The molecule has 0 aromatic heterocycles. The molecule has 2 N–H and O–H groups in total. The first-order valence-corrected chi connectivity index (χ1v) is 6.71. The summed E-state index contributed by atoms with van der Waals surface area (Å²) in [6, 6.07) is 5.07. The zero-order valence-electron chi connectivity index (χ0n) is 12.0. The average Bonchev–Trinajstić information content (AvgIpc) is 2.38. The fourth-order valence-corrected chi connectivity index (χ4v) is 1.69. The molecule has 0 saturated carbocycles. The highest BCUT2D eigenvalue weighted by atomic mass is 19.1. The molecule has 3 nitrogen and oxygen atoms in total. The van der Waals surface area contributed by atoms with Gasteiger partial charge in [-0.15, -0.1) is 0 Å². The minimum Gasteiger partial charge on any atom is -0.491 e. The van der Waals surface area contributed by atoms with Crippen LogP contribution in [0.5, 0.6) is 5.75 Å². The van der Waals surface area contributed by atoms with Gasteiger partial charge in [-0.2, -0.15) is 0 Å². The maximum absolute atomic E-state index is 13.6. The Morgan fingerprint density at radius 2 is 2.11 bits per heavy atom. The Morgan fingerprint density at radius 3 is 2.68 bits per heavy atom. The number of hydrogen-bond donors (Lipinski definition) is 2. The van der Waals surface area contributed by atoms with Crippen molar-refractivity contribution in [2.24, 2.45) is 5.41 Å². The minimum absolute atomic E-state index is 0.121. The van der Waals surface area contributed by atoms with Crippen molar-refractivity contribution in [2.75, 3.05) is 26.3 Å². The standard InChI is InChI=1S/C15H24FNO2/c1-4-19-14-6-5-12(9-13(14)16)7-8-17-10-15(2,3)11-18/h5-6,9,17-18H,4,7-8,10-11H2,1-3H3. The number of hydrogen-bond acceptors (Lipinski definition) is 3. The van der Waals surface area contributed by atoms with Crippen molar-refractivity contribution in [2.45, 2.75) is 27.2 Å². The average molecular weight is 269 g/mol. The Balaban J connectivity index is 2.40. The van der Waals surface area contributed by atoms with Gasteiger partial charge >= 0.3 is 0 Å². The third-order valence-electron chi connectivity index (χ3n) is 2.92. The van der Waals surface area contributed by atoms with Crippen molar-refractivity contribution in [3.8, 4) is 5.75 Å². The van der Waals surface area contributed by atoms with E-state index in [0.717, 1.165) is 25.1 Å². The van der Waals surface area contributed by atoms with Gasteiger partial charge in [0.05, 0.1) is 6.61 Å². The van der Waals surface area contributed by atoms with Crippen LogP contribution in [0.15, 0.2) is 18.2 Å². The van der Waals surface area contributed by atoms with Crippen LogP contribution in [0.2, 0.25) is 0 Å². The maximum Gasteiger partial charge on any atom is 0.165 e. The van der Waals surface area contributed by atoms with Gasteiger partial charge in [0.2, 0.25) is 0 Å². The third kappa shape index (κ3) is 5.57. The van der Waals surface area contributed by atoms with E-state index in [9.17, 15) is 4.39 Å². The van der Waals surface area contributed by atoms with E-state index in [2.05, 4.69) is 5.32 Å². The quantitative estimate of drug-likeness (QED) is 0.712. The minimum atomic E-state index is -0.310. The topological polar surface area (TPSA) is 41.5 Å². The van der Waals surface area contributed by atoms with Crippen LogP contribution in [0.3, 0.4) is 0 Å². The van der Waals surface area contributed by atoms with Gasteiger partial charge < -0.3 is 15.2 Å². The molecular formula is C15H24FNO2. The molecule has 0 radical (unpaired) electrons. The highest BCUT2D eigenvalue weighted by molar-refractivity contribution is 5.29. The molecule has 0 amide bonds. The summed E-state index contributed by atoms with van der Waals surface area (Å²) in [4.78, 5) is 0. The first-order valence-electron chi connectivity index (χ1n) is 6.71. The molecule has 0 heterocycles. The number of ether oxygens (including phenoxy) is 1. The lowest BCUT2D eigenvalue weighted by atomic mass is 9.95. The van der Waals surface area contributed by atoms with Gasteiger partial charge in [-0.25, -0.2) is 4.39 Å². The second-order valence-electron chi connectivity index (χ2n) is 5.45. The van der Waals surface area contributed by atoms with E-state index >= 15 is 0 Å². The van der Waals surface area contributed by atoms with Gasteiger partial charge in [0, 0.05) is 18.6 Å². The smallest absolute Gasteiger partial charge is 0.165 e. The Kier molecular flexibility index (Phi) is 6.25. The molecule has 0 bridgehead atoms. The van der Waals surface area contributed by atoms with Crippen molar-refractivity contribution < 1.29 is 14.2 Å². The van der Waals surface area contributed by atoms with Gasteiger partial charge in [-0.1, -0.05) is 19.9 Å². The Labute approximate surface area is 114 Å². The highest BCUT2D eigenvalue weighted by Crippen LogP contribution is 2.18. The Bertz CT molecular complexity index is 394. The predicted octanol–water partition coefficient (Wildman–Crippen LogP) is 2.38. The molecule has 4 heteroatoms. The number of benzene rings is 1. The summed E-state index contributed by atoms with van der Waals surface area (Å²) < 4.78 is 18.8. The fraction of sp³-hybridized carbons (Fsp3) is 0.600. The molecule has 108 valence electrons. The molecule has 0 fully saturated rings. The van der Waals surface area contributed by atoms with Gasteiger partial charge in [-0.3, -0.25) is 0 Å². The predicted molar refractivity (Wildman–Crippen MR) is 75.0 cm³/mol. The second kappa shape index (κ2) is 7.46. The molecule has 1 aromatic carbocycles. The van der Waals surface area contributed by atoms with E-state index in [4.69, 9.17) is 9.84 Å². The van der Waals surface area contributed by atoms with Crippen LogP contribution in [-0.4, -0.2) is 31.4 Å². The number of rotatable bonds is 8. The SMILES string of the molecule is CCOc1ccc(CCNCC(C)(C)CO)cc1F. The van der Waals surface area contributed by atoms with Gasteiger partial charge in [0.15, 0.2) is 11.6 Å². The van der Waals surface area contributed by atoms with Crippen molar-refractivity contribution in [1.29, 1.82) is 0 Å². The third-order valence-corrected chi connectivity index (χ3v) is 2.92. The number of aliphatic hydroxyl groups is 1. The normalized spacial score (nSPS) is 11.6. The molecule has 19 heavy (non-hydrogen) atoms. The van der Waals surface area contributed by atoms with E-state index in [1.807, 2.05) is 26.8 Å². The molecule has 0 aliphatic carbocycles. The molecule has 1 aromatic rings. The van der Waals surface area contributed by atoms with Crippen LogP contribution in [0, 0.1) is 11.2 Å². The molecule has 0 saturated heterocycles. The highest BCUT2D eigenvalue weighted by Gasteiger charge is 2.15. The number of nitrogens with one attached hydrogen (secondary N) is 1. The Morgan fingerprint density at radius 1 is 1.37 bits per heavy atom. The van der Waals surface area contributed by atoms with E-state index in [1.165, 1.54) is 6.07 Å². The van der Waals surface area contributed by atoms with E-state index in [0.29, 0.717) is 12.4 Å². The Hall–Kier alpha value is -1.13.